The second-order valence-electron chi connectivity index (χ2n) is 2.78. The molecule has 0 aromatic rings. The minimum absolute atomic E-state index is 0.0807. The molecule has 1 unspecified atom stereocenters. The molecule has 4 heteroatoms. The summed E-state index contributed by atoms with van der Waals surface area (Å²) in [7, 11) is 3.91. The molecule has 2 N–H and O–H groups in total. The molecule has 0 aliphatic heterocycles. The van der Waals surface area contributed by atoms with Crippen molar-refractivity contribution in [3.63, 3.8) is 0 Å². The number of hydrogen-bond acceptors (Lipinski definition) is 4. The van der Waals surface area contributed by atoms with Gasteiger partial charge >= 0.3 is 0 Å². The van der Waals surface area contributed by atoms with E-state index in [0.717, 1.165) is 13.0 Å². The highest BCUT2D eigenvalue weighted by atomic mass is 15.2. The number of hydrogen-bond donors (Lipinski definition) is 1. The minimum atomic E-state index is 0.0807. The fraction of sp³-hybridized carbons (Fsp3) is 0.875. The maximum Gasteiger partial charge on any atom is 0.0892 e. The molecule has 0 aromatic carbocycles. The zero-order valence-electron chi connectivity index (χ0n) is 8.12. The quantitative estimate of drug-likeness (QED) is 0.480. The van der Waals surface area contributed by atoms with Gasteiger partial charge in [-0.3, -0.25) is 4.90 Å². The zero-order valence-corrected chi connectivity index (χ0v) is 8.12. The molecular weight excluding hydrogens is 152 g/mol. The van der Waals surface area contributed by atoms with Crippen LogP contribution in [0.4, 0.5) is 0 Å². The van der Waals surface area contributed by atoms with E-state index < -0.39 is 0 Å². The molecule has 0 saturated carbocycles. The molecule has 70 valence electrons. The Kier molecular flexibility index (Phi) is 6.57. The second-order valence-corrected chi connectivity index (χ2v) is 2.78. The first-order valence-corrected chi connectivity index (χ1v) is 4.18. The summed E-state index contributed by atoms with van der Waals surface area (Å²) < 4.78 is 0. The van der Waals surface area contributed by atoms with E-state index in [1.165, 1.54) is 0 Å². The Morgan fingerprint density at radius 2 is 2.08 bits per heavy atom. The molecule has 0 aromatic heterocycles. The van der Waals surface area contributed by atoms with Gasteiger partial charge in [0.1, 0.15) is 0 Å². The van der Waals surface area contributed by atoms with E-state index in [2.05, 4.69) is 16.0 Å². The Bertz CT molecular complexity index is 158. The van der Waals surface area contributed by atoms with Gasteiger partial charge in [-0.05, 0) is 27.4 Å². The fourth-order valence-electron chi connectivity index (χ4n) is 0.626. The summed E-state index contributed by atoms with van der Waals surface area (Å²) in [6.07, 6.45) is 0.927. The van der Waals surface area contributed by atoms with E-state index in [0.29, 0.717) is 6.54 Å². The molecule has 0 amide bonds. The van der Waals surface area contributed by atoms with E-state index in [9.17, 15) is 0 Å². The van der Waals surface area contributed by atoms with Crippen LogP contribution in [0.5, 0.6) is 0 Å². The van der Waals surface area contributed by atoms with Crippen LogP contribution in [0.3, 0.4) is 0 Å². The van der Waals surface area contributed by atoms with Crippen LogP contribution >= 0.6 is 0 Å². The first-order chi connectivity index (χ1) is 5.68. The molecule has 0 heterocycles. The summed E-state index contributed by atoms with van der Waals surface area (Å²) in [5.74, 6) is 0. The van der Waals surface area contributed by atoms with Gasteiger partial charge in [-0.25, -0.2) is 9.98 Å². The Morgan fingerprint density at radius 3 is 2.58 bits per heavy atom. The van der Waals surface area contributed by atoms with Gasteiger partial charge in [0.15, 0.2) is 0 Å². The van der Waals surface area contributed by atoms with E-state index in [-0.39, 0.29) is 6.17 Å². The molecule has 0 rings (SSSR count). The number of nitrogens with zero attached hydrogens (tertiary/aromatic N) is 3. The number of aliphatic imine (C=N–C) groups is 2. The number of nitrogens with two attached hydrogens (primary N) is 1. The van der Waals surface area contributed by atoms with Crippen molar-refractivity contribution < 1.29 is 0 Å². The van der Waals surface area contributed by atoms with Crippen LogP contribution in [-0.2, 0) is 0 Å². The average Bonchev–Trinajstić information content (AvgIpc) is 2.03. The van der Waals surface area contributed by atoms with E-state index in [4.69, 9.17) is 5.73 Å². The molecular formula is C8H18N4. The lowest BCUT2D eigenvalue weighted by Crippen LogP contribution is -2.36. The van der Waals surface area contributed by atoms with Crippen molar-refractivity contribution >= 4 is 6.01 Å². The predicted octanol–water partition coefficient (Wildman–Crippen LogP) is 0.417. The Balaban J connectivity index is 3.49. The van der Waals surface area contributed by atoms with Crippen LogP contribution in [0.2, 0.25) is 0 Å². The molecule has 0 saturated heterocycles. The van der Waals surface area contributed by atoms with Crippen molar-refractivity contribution in [2.45, 2.75) is 19.5 Å². The molecule has 4 nitrogen and oxygen atoms in total. The first-order valence-electron chi connectivity index (χ1n) is 4.18. The largest absolute Gasteiger partial charge is 0.316 e. The average molecular weight is 170 g/mol. The van der Waals surface area contributed by atoms with Crippen LogP contribution < -0.4 is 5.73 Å². The lowest BCUT2D eigenvalue weighted by atomic mass is 10.3. The Labute approximate surface area is 74.2 Å². The minimum Gasteiger partial charge on any atom is -0.316 e. The van der Waals surface area contributed by atoms with Gasteiger partial charge in [0.25, 0.3) is 0 Å². The molecule has 0 spiro atoms. The van der Waals surface area contributed by atoms with Crippen LogP contribution in [0.25, 0.3) is 0 Å². The monoisotopic (exact) mass is 170 g/mol. The molecule has 0 aliphatic rings. The molecule has 0 radical (unpaired) electrons. The Hall–Kier alpha value is -0.700. The van der Waals surface area contributed by atoms with Crippen molar-refractivity contribution in [2.24, 2.45) is 15.7 Å². The summed E-state index contributed by atoms with van der Waals surface area (Å²) in [6.45, 7) is 3.39. The molecule has 1 atom stereocenters. The van der Waals surface area contributed by atoms with Gasteiger partial charge in [0.2, 0.25) is 0 Å². The van der Waals surface area contributed by atoms with Crippen LogP contribution in [-0.4, -0.2) is 44.3 Å². The van der Waals surface area contributed by atoms with Gasteiger partial charge in [-0.2, -0.15) is 0 Å². The third-order valence-corrected chi connectivity index (χ3v) is 1.50. The third kappa shape index (κ3) is 6.04. The lowest BCUT2D eigenvalue weighted by molar-refractivity contribution is 0.289. The summed E-state index contributed by atoms with van der Waals surface area (Å²) in [6, 6.07) is 2.61. The Morgan fingerprint density at radius 1 is 1.42 bits per heavy atom. The molecule has 12 heavy (non-hydrogen) atoms. The van der Waals surface area contributed by atoms with Crippen LogP contribution in [0.15, 0.2) is 9.98 Å². The normalized spacial score (nSPS) is 12.4. The lowest BCUT2D eigenvalue weighted by Gasteiger charge is -2.17. The van der Waals surface area contributed by atoms with E-state index >= 15 is 0 Å². The van der Waals surface area contributed by atoms with Crippen molar-refractivity contribution in [1.82, 2.24) is 4.90 Å². The van der Waals surface area contributed by atoms with Gasteiger partial charge in [-0.15, -0.1) is 0 Å². The second kappa shape index (κ2) is 6.98. The first kappa shape index (κ1) is 11.3. The van der Waals surface area contributed by atoms with Crippen LogP contribution in [0, 0.1) is 0 Å². The molecule has 0 bridgehead atoms. The highest BCUT2D eigenvalue weighted by molar-refractivity contribution is 5.40. The van der Waals surface area contributed by atoms with Crippen LogP contribution in [0.1, 0.15) is 13.3 Å². The summed E-state index contributed by atoms with van der Waals surface area (Å²) in [4.78, 5) is 9.77. The van der Waals surface area contributed by atoms with Gasteiger partial charge in [0.05, 0.1) is 18.7 Å². The van der Waals surface area contributed by atoms with Crippen molar-refractivity contribution in [3.05, 3.63) is 0 Å². The van der Waals surface area contributed by atoms with E-state index in [1.54, 1.807) is 0 Å². The zero-order chi connectivity index (χ0) is 9.40. The van der Waals surface area contributed by atoms with E-state index in [1.807, 2.05) is 25.9 Å². The highest BCUT2D eigenvalue weighted by Gasteiger charge is 2.01. The molecule has 0 fully saturated rings. The van der Waals surface area contributed by atoms with Gasteiger partial charge in [0, 0.05) is 6.54 Å². The SMILES string of the molecule is CCN=C=NCCC(N)N(C)C. The highest BCUT2D eigenvalue weighted by Crippen LogP contribution is 1.90. The summed E-state index contributed by atoms with van der Waals surface area (Å²) >= 11 is 0. The van der Waals surface area contributed by atoms with Crippen molar-refractivity contribution in [2.75, 3.05) is 27.2 Å². The third-order valence-electron chi connectivity index (χ3n) is 1.50. The fourth-order valence-corrected chi connectivity index (χ4v) is 0.626. The van der Waals surface area contributed by atoms with Crippen molar-refractivity contribution in [3.8, 4) is 0 Å². The summed E-state index contributed by atoms with van der Waals surface area (Å²) in [5, 5.41) is 0. The smallest absolute Gasteiger partial charge is 0.0892 e. The van der Waals surface area contributed by atoms with Crippen molar-refractivity contribution in [1.29, 1.82) is 0 Å². The van der Waals surface area contributed by atoms with Gasteiger partial charge < -0.3 is 5.73 Å². The molecule has 0 aliphatic carbocycles. The topological polar surface area (TPSA) is 54.0 Å². The predicted molar refractivity (Wildman–Crippen MR) is 51.6 cm³/mol. The summed E-state index contributed by atoms with van der Waals surface area (Å²) in [5.41, 5.74) is 5.74. The van der Waals surface area contributed by atoms with Gasteiger partial charge in [-0.1, -0.05) is 0 Å². The maximum absolute atomic E-state index is 5.74. The maximum atomic E-state index is 5.74. The number of rotatable bonds is 5. The standard InChI is InChI=1S/C8H18N4/c1-4-10-7-11-6-5-8(9)12(2)3/h8H,4-6,9H2,1-3H3.